The molecule has 1 N–H and O–H groups in total. The van der Waals surface area contributed by atoms with Crippen LogP contribution in [0.5, 0.6) is 5.75 Å². The number of esters is 1. The third-order valence-corrected chi connectivity index (χ3v) is 5.73. The van der Waals surface area contributed by atoms with Gasteiger partial charge in [0.05, 0.1) is 7.11 Å². The Morgan fingerprint density at radius 1 is 1.22 bits per heavy atom. The maximum absolute atomic E-state index is 12.2. The molecule has 1 saturated carbocycles. The van der Waals surface area contributed by atoms with Gasteiger partial charge < -0.3 is 14.8 Å². The van der Waals surface area contributed by atoms with E-state index < -0.39 is 5.97 Å². The number of carbonyl (C=O) groups is 2. The summed E-state index contributed by atoms with van der Waals surface area (Å²) < 4.78 is 10.3. The van der Waals surface area contributed by atoms with Crippen LogP contribution in [0.15, 0.2) is 29.6 Å². The zero-order valence-corrected chi connectivity index (χ0v) is 16.4. The van der Waals surface area contributed by atoms with Gasteiger partial charge in [-0.25, -0.2) is 9.78 Å². The van der Waals surface area contributed by atoms with Crippen molar-refractivity contribution in [2.75, 3.05) is 13.7 Å². The average molecular weight is 388 g/mol. The molecule has 2 aromatic rings. The number of benzene rings is 1. The second kappa shape index (κ2) is 8.99. The summed E-state index contributed by atoms with van der Waals surface area (Å²) in [5.41, 5.74) is 1.11. The minimum absolute atomic E-state index is 0.172. The number of aromatic nitrogens is 1. The molecule has 144 valence electrons. The maximum atomic E-state index is 12.2. The molecular weight excluding hydrogens is 364 g/mol. The molecule has 1 aliphatic rings. The van der Waals surface area contributed by atoms with Crippen molar-refractivity contribution < 1.29 is 19.1 Å². The minimum atomic E-state index is -0.585. The van der Waals surface area contributed by atoms with Crippen molar-refractivity contribution in [2.24, 2.45) is 5.92 Å². The summed E-state index contributed by atoms with van der Waals surface area (Å²) in [6.45, 7) is 1.86. The highest BCUT2D eigenvalue weighted by molar-refractivity contribution is 7.13. The first-order valence-corrected chi connectivity index (χ1v) is 10.0. The second-order valence-corrected chi connectivity index (χ2v) is 7.64. The fourth-order valence-electron chi connectivity index (χ4n) is 3.22. The number of nitrogens with zero attached hydrogens (tertiary/aromatic N) is 1. The van der Waals surface area contributed by atoms with Gasteiger partial charge in [-0.2, -0.15) is 0 Å². The topological polar surface area (TPSA) is 77.5 Å². The molecule has 6 nitrogen and oxygen atoms in total. The summed E-state index contributed by atoms with van der Waals surface area (Å²) in [6.07, 6.45) is 4.45. The predicted molar refractivity (Wildman–Crippen MR) is 104 cm³/mol. The van der Waals surface area contributed by atoms with E-state index in [-0.39, 0.29) is 24.2 Å². The Kier molecular flexibility index (Phi) is 6.45. The van der Waals surface area contributed by atoms with Gasteiger partial charge in [0.25, 0.3) is 5.91 Å². The van der Waals surface area contributed by atoms with Crippen LogP contribution in [-0.4, -0.2) is 36.6 Å². The number of ether oxygens (including phenoxy) is 2. The van der Waals surface area contributed by atoms with E-state index in [1.54, 1.807) is 12.5 Å². The van der Waals surface area contributed by atoms with Crippen LogP contribution in [0.3, 0.4) is 0 Å². The van der Waals surface area contributed by atoms with E-state index in [0.717, 1.165) is 30.6 Å². The van der Waals surface area contributed by atoms with E-state index in [2.05, 4.69) is 17.2 Å². The first kappa shape index (κ1) is 19.4. The quantitative estimate of drug-likeness (QED) is 0.764. The maximum Gasteiger partial charge on any atom is 0.358 e. The van der Waals surface area contributed by atoms with Gasteiger partial charge in [-0.3, -0.25) is 4.79 Å². The van der Waals surface area contributed by atoms with E-state index in [1.807, 2.05) is 24.3 Å². The van der Waals surface area contributed by atoms with Crippen LogP contribution >= 0.6 is 11.3 Å². The molecule has 0 aliphatic heterocycles. The van der Waals surface area contributed by atoms with Gasteiger partial charge in [0.15, 0.2) is 12.3 Å². The lowest BCUT2D eigenvalue weighted by molar-refractivity contribution is -0.125. The Morgan fingerprint density at radius 2 is 1.96 bits per heavy atom. The number of nitrogens with one attached hydrogen (secondary N) is 1. The van der Waals surface area contributed by atoms with Crippen molar-refractivity contribution in [1.29, 1.82) is 0 Å². The standard InChI is InChI=1S/C20H24N2O4S/c1-13-5-3-4-6-16(13)21-18(23)11-26-20(24)17-12-27-19(22-17)14-7-9-15(25-2)10-8-14/h7-10,12-13,16H,3-6,11H2,1-2H3,(H,21,23)/t13-,16+/m1/s1. The smallest absolute Gasteiger partial charge is 0.358 e. The number of amides is 1. The molecule has 1 amide bonds. The molecule has 0 spiro atoms. The van der Waals surface area contributed by atoms with Crippen LogP contribution in [0.4, 0.5) is 0 Å². The van der Waals surface area contributed by atoms with Crippen LogP contribution in [0, 0.1) is 5.92 Å². The normalized spacial score (nSPS) is 19.3. The largest absolute Gasteiger partial charge is 0.497 e. The summed E-state index contributed by atoms with van der Waals surface area (Å²) in [5, 5.41) is 5.33. The number of thiazole rings is 1. The highest BCUT2D eigenvalue weighted by Crippen LogP contribution is 2.26. The molecule has 0 unspecified atom stereocenters. The third kappa shape index (κ3) is 5.07. The fourth-order valence-corrected chi connectivity index (χ4v) is 4.01. The lowest BCUT2D eigenvalue weighted by Gasteiger charge is -2.29. The Morgan fingerprint density at radius 3 is 2.67 bits per heavy atom. The van der Waals surface area contributed by atoms with E-state index in [0.29, 0.717) is 10.9 Å². The van der Waals surface area contributed by atoms with Crippen molar-refractivity contribution in [1.82, 2.24) is 10.3 Å². The number of rotatable bonds is 6. The Bertz CT molecular complexity index is 788. The van der Waals surface area contributed by atoms with Crippen LogP contribution in [0.2, 0.25) is 0 Å². The van der Waals surface area contributed by atoms with Crippen molar-refractivity contribution in [2.45, 2.75) is 38.6 Å². The lowest BCUT2D eigenvalue weighted by atomic mass is 9.86. The monoisotopic (exact) mass is 388 g/mol. The van der Waals surface area contributed by atoms with Gasteiger partial charge in [0.2, 0.25) is 0 Å². The first-order valence-electron chi connectivity index (χ1n) is 9.13. The molecule has 1 heterocycles. The number of methoxy groups -OCH3 is 1. The van der Waals surface area contributed by atoms with E-state index in [4.69, 9.17) is 9.47 Å². The molecule has 0 saturated heterocycles. The second-order valence-electron chi connectivity index (χ2n) is 6.78. The molecular formula is C20H24N2O4S. The third-order valence-electron chi connectivity index (χ3n) is 4.84. The Labute approximate surface area is 162 Å². The zero-order valence-electron chi connectivity index (χ0n) is 15.6. The molecule has 3 rings (SSSR count). The molecule has 0 bridgehead atoms. The number of carbonyl (C=O) groups excluding carboxylic acids is 2. The van der Waals surface area contributed by atoms with Crippen LogP contribution in [0.1, 0.15) is 43.1 Å². The van der Waals surface area contributed by atoms with E-state index >= 15 is 0 Å². The van der Waals surface area contributed by atoms with E-state index in [1.165, 1.54) is 17.8 Å². The van der Waals surface area contributed by atoms with Crippen LogP contribution in [0.25, 0.3) is 10.6 Å². The summed E-state index contributed by atoms with van der Waals surface area (Å²) in [4.78, 5) is 28.5. The van der Waals surface area contributed by atoms with Gasteiger partial charge in [-0.15, -0.1) is 11.3 Å². The van der Waals surface area contributed by atoms with Gasteiger partial charge >= 0.3 is 5.97 Å². The highest BCUT2D eigenvalue weighted by atomic mass is 32.1. The SMILES string of the molecule is COc1ccc(-c2nc(C(=O)OCC(=O)N[C@H]3CCCC[C@H]3C)cs2)cc1. The van der Waals surface area contributed by atoms with Crippen LogP contribution < -0.4 is 10.1 Å². The van der Waals surface area contributed by atoms with Gasteiger partial charge in [0, 0.05) is 17.0 Å². The summed E-state index contributed by atoms with van der Waals surface area (Å²) >= 11 is 1.35. The molecule has 1 aliphatic carbocycles. The fraction of sp³-hybridized carbons (Fsp3) is 0.450. The summed E-state index contributed by atoms with van der Waals surface area (Å²) in [5.74, 6) is 0.378. The van der Waals surface area contributed by atoms with E-state index in [9.17, 15) is 9.59 Å². The molecule has 7 heteroatoms. The average Bonchev–Trinajstić information content (AvgIpc) is 3.18. The number of hydrogen-bond acceptors (Lipinski definition) is 6. The number of hydrogen-bond donors (Lipinski definition) is 1. The Balaban J connectivity index is 1.52. The van der Waals surface area contributed by atoms with Gasteiger partial charge in [-0.05, 0) is 43.0 Å². The molecule has 27 heavy (non-hydrogen) atoms. The van der Waals surface area contributed by atoms with Crippen molar-refractivity contribution in [3.8, 4) is 16.3 Å². The summed E-state index contributed by atoms with van der Waals surface area (Å²) in [6, 6.07) is 7.61. The highest BCUT2D eigenvalue weighted by Gasteiger charge is 2.23. The predicted octanol–water partition coefficient (Wildman–Crippen LogP) is 3.67. The molecule has 1 fully saturated rings. The molecule has 0 radical (unpaired) electrons. The van der Waals surface area contributed by atoms with Gasteiger partial charge in [-0.1, -0.05) is 19.8 Å². The lowest BCUT2D eigenvalue weighted by Crippen LogP contribution is -2.42. The first-order chi connectivity index (χ1) is 13.1. The molecule has 1 aromatic carbocycles. The van der Waals surface area contributed by atoms with Crippen LogP contribution in [-0.2, 0) is 9.53 Å². The molecule has 1 aromatic heterocycles. The summed E-state index contributed by atoms with van der Waals surface area (Å²) in [7, 11) is 1.61. The minimum Gasteiger partial charge on any atom is -0.497 e. The molecule has 2 atom stereocenters. The van der Waals surface area contributed by atoms with Crippen molar-refractivity contribution in [3.63, 3.8) is 0 Å². The van der Waals surface area contributed by atoms with Crippen molar-refractivity contribution >= 4 is 23.2 Å². The zero-order chi connectivity index (χ0) is 19.2. The Hall–Kier alpha value is -2.41. The van der Waals surface area contributed by atoms with Crippen molar-refractivity contribution in [3.05, 3.63) is 35.3 Å². The van der Waals surface area contributed by atoms with Gasteiger partial charge in [0.1, 0.15) is 10.8 Å².